The zero-order valence-corrected chi connectivity index (χ0v) is 24.0. The molecule has 10 nitrogen and oxygen atoms in total. The van der Waals surface area contributed by atoms with Crippen LogP contribution in [0.5, 0.6) is 0 Å². The zero-order chi connectivity index (χ0) is 30.0. The van der Waals surface area contributed by atoms with E-state index in [1.54, 1.807) is 12.1 Å². The SMILES string of the molecule is CCCc1nc2c(c(=O)n(-c3ccccc3)c(=O)n2-c2ccccc2)n1Cc1ccc(-c2ccccc2)c(-c2nnn[nH]2)c1. The summed E-state index contributed by atoms with van der Waals surface area (Å²) in [5, 5.41) is 14.7. The highest BCUT2D eigenvalue weighted by Gasteiger charge is 2.23. The van der Waals surface area contributed by atoms with Crippen LogP contribution in [0.3, 0.4) is 0 Å². The second-order valence-electron chi connectivity index (χ2n) is 10.5. The van der Waals surface area contributed by atoms with Gasteiger partial charge in [-0.2, -0.15) is 0 Å². The highest BCUT2D eigenvalue weighted by molar-refractivity contribution is 5.81. The van der Waals surface area contributed by atoms with Gasteiger partial charge in [-0.25, -0.2) is 24.0 Å². The van der Waals surface area contributed by atoms with Gasteiger partial charge in [0.05, 0.1) is 11.4 Å². The van der Waals surface area contributed by atoms with Crippen molar-refractivity contribution in [1.29, 1.82) is 0 Å². The second kappa shape index (κ2) is 11.4. The Balaban J connectivity index is 1.48. The Morgan fingerprint density at radius 2 is 1.41 bits per heavy atom. The van der Waals surface area contributed by atoms with Gasteiger partial charge < -0.3 is 4.57 Å². The first-order chi connectivity index (χ1) is 21.6. The lowest BCUT2D eigenvalue weighted by Gasteiger charge is -2.14. The van der Waals surface area contributed by atoms with Crippen molar-refractivity contribution >= 4 is 11.2 Å². The summed E-state index contributed by atoms with van der Waals surface area (Å²) in [6.45, 7) is 2.42. The van der Waals surface area contributed by atoms with Crippen LogP contribution in [0.2, 0.25) is 0 Å². The molecule has 0 radical (unpaired) electrons. The number of imidazole rings is 1. The van der Waals surface area contributed by atoms with Crippen molar-refractivity contribution in [2.45, 2.75) is 26.3 Å². The molecule has 7 rings (SSSR count). The molecular weight excluding hydrogens is 552 g/mol. The molecule has 0 amide bonds. The van der Waals surface area contributed by atoms with Crippen molar-refractivity contribution in [1.82, 2.24) is 39.3 Å². The summed E-state index contributed by atoms with van der Waals surface area (Å²) < 4.78 is 4.70. The van der Waals surface area contributed by atoms with E-state index >= 15 is 0 Å². The van der Waals surface area contributed by atoms with E-state index in [2.05, 4.69) is 27.5 Å². The van der Waals surface area contributed by atoms with E-state index in [9.17, 15) is 9.59 Å². The first-order valence-corrected chi connectivity index (χ1v) is 14.4. The van der Waals surface area contributed by atoms with Crippen molar-refractivity contribution in [3.8, 4) is 33.9 Å². The Morgan fingerprint density at radius 1 is 0.750 bits per heavy atom. The molecule has 44 heavy (non-hydrogen) atoms. The smallest absolute Gasteiger partial charge is 0.318 e. The molecule has 0 fully saturated rings. The number of aromatic amines is 1. The van der Waals surface area contributed by atoms with E-state index in [-0.39, 0.29) is 0 Å². The van der Waals surface area contributed by atoms with Crippen molar-refractivity contribution < 1.29 is 0 Å². The Morgan fingerprint density at radius 3 is 2.05 bits per heavy atom. The Kier molecular flexibility index (Phi) is 6.99. The Labute approximate surface area is 251 Å². The number of benzene rings is 4. The van der Waals surface area contributed by atoms with Crippen LogP contribution >= 0.6 is 0 Å². The minimum absolute atomic E-state index is 0.336. The summed E-state index contributed by atoms with van der Waals surface area (Å²) in [4.78, 5) is 33.3. The molecule has 0 saturated carbocycles. The van der Waals surface area contributed by atoms with Crippen LogP contribution in [0.15, 0.2) is 119 Å². The molecule has 3 heterocycles. The number of tetrazole rings is 1. The number of rotatable bonds is 8. The monoisotopic (exact) mass is 580 g/mol. The average molecular weight is 581 g/mol. The van der Waals surface area contributed by atoms with Crippen molar-refractivity contribution in [2.24, 2.45) is 0 Å². The predicted octanol–water partition coefficient (Wildman–Crippen LogP) is 5.19. The maximum Gasteiger partial charge on any atom is 0.342 e. The molecule has 10 heteroatoms. The van der Waals surface area contributed by atoms with Gasteiger partial charge in [-0.15, -0.1) is 5.10 Å². The summed E-state index contributed by atoms with van der Waals surface area (Å²) in [6, 6.07) is 34.5. The molecule has 7 aromatic rings. The van der Waals surface area contributed by atoms with E-state index in [1.807, 2.05) is 102 Å². The number of nitrogens with one attached hydrogen (secondary N) is 1. The molecule has 0 aliphatic carbocycles. The number of nitrogens with zero attached hydrogens (tertiary/aromatic N) is 7. The number of para-hydroxylation sites is 2. The summed E-state index contributed by atoms with van der Waals surface area (Å²) >= 11 is 0. The lowest BCUT2D eigenvalue weighted by Crippen LogP contribution is -2.39. The molecule has 1 N–H and O–H groups in total. The van der Waals surface area contributed by atoms with E-state index < -0.39 is 11.2 Å². The lowest BCUT2D eigenvalue weighted by molar-refractivity contribution is 0.717. The molecule has 0 aliphatic heterocycles. The third-order valence-corrected chi connectivity index (χ3v) is 7.64. The van der Waals surface area contributed by atoms with Crippen LogP contribution in [-0.2, 0) is 13.0 Å². The topological polar surface area (TPSA) is 116 Å². The first kappa shape index (κ1) is 27.0. The quantitative estimate of drug-likeness (QED) is 0.265. The van der Waals surface area contributed by atoms with Gasteiger partial charge >= 0.3 is 5.69 Å². The van der Waals surface area contributed by atoms with E-state index in [0.717, 1.165) is 34.5 Å². The average Bonchev–Trinajstić information content (AvgIpc) is 3.72. The molecule has 3 aromatic heterocycles. The van der Waals surface area contributed by atoms with Crippen molar-refractivity contribution in [2.75, 3.05) is 0 Å². The number of fused-ring (bicyclic) bond motifs is 1. The minimum Gasteiger partial charge on any atom is -0.318 e. The van der Waals surface area contributed by atoms with Crippen molar-refractivity contribution in [3.05, 3.63) is 141 Å². The highest BCUT2D eigenvalue weighted by atomic mass is 16.2. The van der Waals surface area contributed by atoms with Crippen LogP contribution in [-0.4, -0.2) is 39.3 Å². The molecule has 0 spiro atoms. The molecule has 0 aliphatic rings. The number of H-pyrrole nitrogens is 1. The van der Waals surface area contributed by atoms with Gasteiger partial charge in [0, 0.05) is 18.5 Å². The summed E-state index contributed by atoms with van der Waals surface area (Å²) in [5.41, 5.74) is 4.69. The zero-order valence-electron chi connectivity index (χ0n) is 24.0. The fourth-order valence-electron chi connectivity index (χ4n) is 5.65. The Bertz CT molecular complexity index is 2180. The largest absolute Gasteiger partial charge is 0.342 e. The molecule has 4 aromatic carbocycles. The molecule has 216 valence electrons. The van der Waals surface area contributed by atoms with Crippen LogP contribution in [0.1, 0.15) is 24.7 Å². The summed E-state index contributed by atoms with van der Waals surface area (Å²) in [7, 11) is 0. The predicted molar refractivity (Wildman–Crippen MR) is 169 cm³/mol. The third-order valence-electron chi connectivity index (χ3n) is 7.64. The van der Waals surface area contributed by atoms with Gasteiger partial charge in [-0.05, 0) is 63.9 Å². The van der Waals surface area contributed by atoms with E-state index in [1.165, 1.54) is 9.13 Å². The third kappa shape index (κ3) is 4.72. The van der Waals surface area contributed by atoms with Gasteiger partial charge in [0.25, 0.3) is 5.56 Å². The highest BCUT2D eigenvalue weighted by Crippen LogP contribution is 2.31. The maximum atomic E-state index is 14.3. The lowest BCUT2D eigenvalue weighted by atomic mass is 9.97. The van der Waals surface area contributed by atoms with Crippen LogP contribution in [0.25, 0.3) is 45.1 Å². The molecule has 0 unspecified atom stereocenters. The maximum absolute atomic E-state index is 14.3. The molecule has 0 bridgehead atoms. The van der Waals surface area contributed by atoms with E-state index in [0.29, 0.717) is 41.3 Å². The van der Waals surface area contributed by atoms with Crippen LogP contribution in [0, 0.1) is 0 Å². The minimum atomic E-state index is -0.472. The molecular formula is C34H28N8O2. The number of aryl methyl sites for hydroxylation is 1. The van der Waals surface area contributed by atoms with Gasteiger partial charge in [0.2, 0.25) is 0 Å². The number of aromatic nitrogens is 8. The normalized spacial score (nSPS) is 11.3. The standard InChI is InChI=1S/C34H28N8O2/c1-2-12-29-35-32-30(33(43)42(26-17-10-5-11-18-26)34(44)41(32)25-15-8-4-9-16-25)40(29)22-23-19-20-27(24-13-6-3-7-14-24)28(21-23)31-36-38-39-37-31/h3-11,13-21H,2,12,22H2,1H3,(H,36,37,38,39). The van der Waals surface area contributed by atoms with Gasteiger partial charge in [0.1, 0.15) is 5.82 Å². The molecule has 0 atom stereocenters. The summed E-state index contributed by atoms with van der Waals surface area (Å²) in [5.74, 6) is 1.27. The number of hydrogen-bond acceptors (Lipinski definition) is 6. The van der Waals surface area contributed by atoms with E-state index in [4.69, 9.17) is 4.98 Å². The fraction of sp³-hybridized carbons (Fsp3) is 0.118. The Hall–Kier alpha value is -5.90. The fourth-order valence-corrected chi connectivity index (χ4v) is 5.65. The van der Waals surface area contributed by atoms with Crippen LogP contribution in [0.4, 0.5) is 0 Å². The first-order valence-electron chi connectivity index (χ1n) is 14.4. The van der Waals surface area contributed by atoms with Crippen molar-refractivity contribution in [3.63, 3.8) is 0 Å². The number of hydrogen-bond donors (Lipinski definition) is 1. The molecule has 0 saturated heterocycles. The summed E-state index contributed by atoms with van der Waals surface area (Å²) in [6.07, 6.45) is 1.44. The van der Waals surface area contributed by atoms with Gasteiger partial charge in [-0.1, -0.05) is 85.8 Å². The van der Waals surface area contributed by atoms with Gasteiger partial charge in [0.15, 0.2) is 17.0 Å². The second-order valence-corrected chi connectivity index (χ2v) is 10.5. The van der Waals surface area contributed by atoms with Crippen LogP contribution < -0.4 is 11.2 Å². The van der Waals surface area contributed by atoms with Gasteiger partial charge in [-0.3, -0.25) is 4.79 Å².